The Morgan fingerprint density at radius 2 is 1.67 bits per heavy atom. The summed E-state index contributed by atoms with van der Waals surface area (Å²) in [5.41, 5.74) is 6.07. The molecule has 0 saturated heterocycles. The van der Waals surface area contributed by atoms with Crippen molar-refractivity contribution < 1.29 is 4.74 Å². The molecule has 0 amide bonds. The highest BCUT2D eigenvalue weighted by Crippen LogP contribution is 2.39. The quantitative estimate of drug-likeness (QED) is 0.825. The van der Waals surface area contributed by atoms with Crippen molar-refractivity contribution in [3.05, 3.63) is 0 Å². The molecule has 0 aromatic heterocycles. The zero-order chi connectivity index (χ0) is 13.0. The Hall–Kier alpha value is -0.0800. The molecule has 2 heteroatoms. The van der Waals surface area contributed by atoms with Crippen molar-refractivity contribution in [3.63, 3.8) is 0 Å². The Labute approximate surface area is 113 Å². The number of nitrogens with two attached hydrogens (primary N) is 1. The van der Waals surface area contributed by atoms with Gasteiger partial charge in [0.2, 0.25) is 0 Å². The lowest BCUT2D eigenvalue weighted by Gasteiger charge is -2.43. The summed E-state index contributed by atoms with van der Waals surface area (Å²) >= 11 is 0. The van der Waals surface area contributed by atoms with E-state index in [2.05, 4.69) is 13.8 Å². The standard InChI is InChI=1S/C16H31NO/c1-13(2)14-8-10-16(12-17,11-9-14)18-15-6-4-3-5-7-15/h13-15H,3-12,17H2,1-2H3. The van der Waals surface area contributed by atoms with Crippen LogP contribution >= 0.6 is 0 Å². The van der Waals surface area contributed by atoms with Crippen LogP contribution in [0, 0.1) is 11.8 Å². The molecule has 0 aromatic rings. The Kier molecular flexibility index (Phi) is 5.08. The molecule has 2 saturated carbocycles. The Morgan fingerprint density at radius 3 is 2.17 bits per heavy atom. The van der Waals surface area contributed by atoms with Gasteiger partial charge in [-0.05, 0) is 50.4 Å². The van der Waals surface area contributed by atoms with Gasteiger partial charge < -0.3 is 10.5 Å². The van der Waals surface area contributed by atoms with Crippen LogP contribution in [-0.2, 0) is 4.74 Å². The van der Waals surface area contributed by atoms with Crippen molar-refractivity contribution in [1.82, 2.24) is 0 Å². The first kappa shape index (κ1) is 14.3. The first-order valence-corrected chi connectivity index (χ1v) is 8.03. The molecule has 2 aliphatic carbocycles. The largest absolute Gasteiger partial charge is 0.370 e. The highest BCUT2D eigenvalue weighted by Gasteiger charge is 2.37. The van der Waals surface area contributed by atoms with Crippen molar-refractivity contribution in [2.75, 3.05) is 6.54 Å². The molecular weight excluding hydrogens is 222 g/mol. The predicted molar refractivity (Wildman–Crippen MR) is 76.5 cm³/mol. The van der Waals surface area contributed by atoms with Crippen LogP contribution in [0.1, 0.15) is 71.6 Å². The van der Waals surface area contributed by atoms with Crippen molar-refractivity contribution in [2.45, 2.75) is 83.3 Å². The summed E-state index contributed by atoms with van der Waals surface area (Å²) in [5.74, 6) is 1.70. The van der Waals surface area contributed by atoms with Gasteiger partial charge in [0.15, 0.2) is 0 Å². The molecule has 0 atom stereocenters. The van der Waals surface area contributed by atoms with Gasteiger partial charge >= 0.3 is 0 Å². The lowest BCUT2D eigenvalue weighted by Crippen LogP contribution is -2.47. The molecule has 0 aliphatic heterocycles. The molecule has 2 N–H and O–H groups in total. The summed E-state index contributed by atoms with van der Waals surface area (Å²) in [6.07, 6.45) is 12.1. The second-order valence-corrected chi connectivity index (χ2v) is 6.85. The smallest absolute Gasteiger partial charge is 0.0808 e. The van der Waals surface area contributed by atoms with E-state index in [1.807, 2.05) is 0 Å². The molecular formula is C16H31NO. The highest BCUT2D eigenvalue weighted by molar-refractivity contribution is 4.90. The molecule has 0 unspecified atom stereocenters. The van der Waals surface area contributed by atoms with E-state index < -0.39 is 0 Å². The van der Waals surface area contributed by atoms with E-state index in [9.17, 15) is 0 Å². The van der Waals surface area contributed by atoms with E-state index in [1.165, 1.54) is 57.8 Å². The maximum absolute atomic E-state index is 6.47. The number of ether oxygens (including phenoxy) is 1. The van der Waals surface area contributed by atoms with Crippen molar-refractivity contribution in [3.8, 4) is 0 Å². The Bertz CT molecular complexity index is 237. The zero-order valence-corrected chi connectivity index (χ0v) is 12.3. The molecule has 2 nitrogen and oxygen atoms in total. The Balaban J connectivity index is 1.87. The van der Waals surface area contributed by atoms with Gasteiger partial charge in [0, 0.05) is 6.54 Å². The van der Waals surface area contributed by atoms with E-state index in [1.54, 1.807) is 0 Å². The fraction of sp³-hybridized carbons (Fsp3) is 1.00. The number of hydrogen-bond donors (Lipinski definition) is 1. The third kappa shape index (κ3) is 3.48. The van der Waals surface area contributed by atoms with Crippen LogP contribution in [0.2, 0.25) is 0 Å². The van der Waals surface area contributed by atoms with Gasteiger partial charge in [-0.3, -0.25) is 0 Å². The second kappa shape index (κ2) is 6.38. The highest BCUT2D eigenvalue weighted by atomic mass is 16.5. The maximum atomic E-state index is 6.47. The summed E-state index contributed by atoms with van der Waals surface area (Å²) in [6, 6.07) is 0. The first-order valence-electron chi connectivity index (χ1n) is 8.03. The van der Waals surface area contributed by atoms with Crippen LogP contribution in [0.4, 0.5) is 0 Å². The summed E-state index contributed by atoms with van der Waals surface area (Å²) in [7, 11) is 0. The van der Waals surface area contributed by atoms with Crippen LogP contribution in [0.25, 0.3) is 0 Å². The van der Waals surface area contributed by atoms with Gasteiger partial charge in [-0.25, -0.2) is 0 Å². The molecule has 0 radical (unpaired) electrons. The fourth-order valence-electron chi connectivity index (χ4n) is 3.74. The molecule has 2 aliphatic rings. The lowest BCUT2D eigenvalue weighted by atomic mass is 9.74. The van der Waals surface area contributed by atoms with Crippen LogP contribution < -0.4 is 5.73 Å². The third-order valence-corrected chi connectivity index (χ3v) is 5.23. The lowest BCUT2D eigenvalue weighted by molar-refractivity contribution is -0.125. The van der Waals surface area contributed by atoms with Gasteiger partial charge in [-0.15, -0.1) is 0 Å². The minimum absolute atomic E-state index is 0.0212. The SMILES string of the molecule is CC(C)C1CCC(CN)(OC2CCCCC2)CC1. The Morgan fingerprint density at radius 1 is 1.06 bits per heavy atom. The third-order valence-electron chi connectivity index (χ3n) is 5.23. The van der Waals surface area contributed by atoms with Crippen molar-refractivity contribution in [1.29, 1.82) is 0 Å². The number of rotatable bonds is 4. The number of hydrogen-bond acceptors (Lipinski definition) is 2. The van der Waals surface area contributed by atoms with Crippen LogP contribution in [0.5, 0.6) is 0 Å². The van der Waals surface area contributed by atoms with Gasteiger partial charge in [0.1, 0.15) is 0 Å². The molecule has 0 aromatic carbocycles. The van der Waals surface area contributed by atoms with E-state index in [4.69, 9.17) is 10.5 Å². The molecule has 106 valence electrons. The van der Waals surface area contributed by atoms with Crippen LogP contribution in [0.15, 0.2) is 0 Å². The summed E-state index contributed by atoms with van der Waals surface area (Å²) in [5, 5.41) is 0. The first-order chi connectivity index (χ1) is 8.65. The summed E-state index contributed by atoms with van der Waals surface area (Å²) in [4.78, 5) is 0. The van der Waals surface area contributed by atoms with E-state index in [0.29, 0.717) is 12.6 Å². The fourth-order valence-corrected chi connectivity index (χ4v) is 3.74. The summed E-state index contributed by atoms with van der Waals surface area (Å²) in [6.45, 7) is 5.42. The molecule has 2 fully saturated rings. The summed E-state index contributed by atoms with van der Waals surface area (Å²) < 4.78 is 6.47. The second-order valence-electron chi connectivity index (χ2n) is 6.85. The van der Waals surface area contributed by atoms with Crippen LogP contribution in [0.3, 0.4) is 0 Å². The van der Waals surface area contributed by atoms with E-state index >= 15 is 0 Å². The molecule has 0 bridgehead atoms. The maximum Gasteiger partial charge on any atom is 0.0808 e. The molecule has 0 spiro atoms. The van der Waals surface area contributed by atoms with E-state index in [-0.39, 0.29) is 5.60 Å². The van der Waals surface area contributed by atoms with Crippen molar-refractivity contribution in [2.24, 2.45) is 17.6 Å². The molecule has 0 heterocycles. The average Bonchev–Trinajstić information content (AvgIpc) is 2.40. The van der Waals surface area contributed by atoms with Gasteiger partial charge in [-0.1, -0.05) is 33.1 Å². The minimum atomic E-state index is 0.0212. The monoisotopic (exact) mass is 253 g/mol. The van der Waals surface area contributed by atoms with Gasteiger partial charge in [0.05, 0.1) is 11.7 Å². The van der Waals surface area contributed by atoms with E-state index in [0.717, 1.165) is 11.8 Å². The van der Waals surface area contributed by atoms with Gasteiger partial charge in [0.25, 0.3) is 0 Å². The predicted octanol–water partition coefficient (Wildman–Crippen LogP) is 3.88. The van der Waals surface area contributed by atoms with Gasteiger partial charge in [-0.2, -0.15) is 0 Å². The zero-order valence-electron chi connectivity index (χ0n) is 12.3. The minimum Gasteiger partial charge on any atom is -0.370 e. The average molecular weight is 253 g/mol. The van der Waals surface area contributed by atoms with Crippen molar-refractivity contribution >= 4 is 0 Å². The van der Waals surface area contributed by atoms with Crippen LogP contribution in [-0.4, -0.2) is 18.2 Å². The molecule has 18 heavy (non-hydrogen) atoms. The topological polar surface area (TPSA) is 35.2 Å². The normalized spacial score (nSPS) is 35.0. The molecule has 2 rings (SSSR count).